The summed E-state index contributed by atoms with van der Waals surface area (Å²) in [6, 6.07) is 5.28. The van der Waals surface area contributed by atoms with Gasteiger partial charge in [0.2, 0.25) is 0 Å². The largest absolute Gasteiger partial charge is 0.495 e. The minimum absolute atomic E-state index is 0.268. The summed E-state index contributed by atoms with van der Waals surface area (Å²) in [7, 11) is 2.96. The molecule has 1 N–H and O–H groups in total. The first-order chi connectivity index (χ1) is 8.40. The van der Waals surface area contributed by atoms with Gasteiger partial charge in [-0.05, 0) is 32.0 Å². The summed E-state index contributed by atoms with van der Waals surface area (Å²) >= 11 is 5.93. The van der Waals surface area contributed by atoms with E-state index < -0.39 is 5.41 Å². The molecule has 0 spiro atoms. The molecule has 0 saturated carbocycles. The molecule has 0 unspecified atom stereocenters. The van der Waals surface area contributed by atoms with Gasteiger partial charge in [0.15, 0.2) is 0 Å². The van der Waals surface area contributed by atoms with E-state index in [2.05, 4.69) is 5.32 Å². The zero-order chi connectivity index (χ0) is 13.8. The van der Waals surface area contributed by atoms with Gasteiger partial charge in [0.1, 0.15) is 5.75 Å². The van der Waals surface area contributed by atoms with Crippen molar-refractivity contribution >= 4 is 23.3 Å². The maximum absolute atomic E-state index is 11.6. The van der Waals surface area contributed by atoms with Crippen molar-refractivity contribution in [1.82, 2.24) is 0 Å². The number of esters is 1. The Bertz CT molecular complexity index is 432. The summed E-state index contributed by atoms with van der Waals surface area (Å²) in [4.78, 5) is 11.6. The van der Waals surface area contributed by atoms with Crippen LogP contribution in [0, 0.1) is 5.41 Å². The standard InChI is InChI=1S/C13H18ClNO3/c1-13(2,12(16)18-4)8-15-10-7-9(14)5-6-11(10)17-3/h5-7,15H,8H2,1-4H3. The molecule has 100 valence electrons. The van der Waals surface area contributed by atoms with Crippen LogP contribution < -0.4 is 10.1 Å². The van der Waals surface area contributed by atoms with Gasteiger partial charge in [-0.1, -0.05) is 11.6 Å². The first-order valence-electron chi connectivity index (χ1n) is 5.56. The van der Waals surface area contributed by atoms with E-state index in [1.54, 1.807) is 25.3 Å². The fraction of sp³-hybridized carbons (Fsp3) is 0.462. The van der Waals surface area contributed by atoms with Crippen molar-refractivity contribution in [1.29, 1.82) is 0 Å². The van der Waals surface area contributed by atoms with Crippen molar-refractivity contribution in [3.05, 3.63) is 23.2 Å². The summed E-state index contributed by atoms with van der Waals surface area (Å²) in [5.74, 6) is 0.413. The van der Waals surface area contributed by atoms with Crippen molar-refractivity contribution in [2.45, 2.75) is 13.8 Å². The van der Waals surface area contributed by atoms with Gasteiger partial charge >= 0.3 is 5.97 Å². The fourth-order valence-electron chi connectivity index (χ4n) is 1.48. The SMILES string of the molecule is COC(=O)C(C)(C)CNc1cc(Cl)ccc1OC. The van der Waals surface area contributed by atoms with Gasteiger partial charge in [-0.3, -0.25) is 4.79 Å². The summed E-state index contributed by atoms with van der Waals surface area (Å²) in [6.45, 7) is 4.04. The second-order valence-corrected chi connectivity index (χ2v) is 5.01. The molecule has 0 aliphatic heterocycles. The number of carbonyl (C=O) groups is 1. The van der Waals surface area contributed by atoms with E-state index in [0.717, 1.165) is 5.69 Å². The van der Waals surface area contributed by atoms with Crippen molar-refractivity contribution in [2.24, 2.45) is 5.41 Å². The molecule has 0 fully saturated rings. The monoisotopic (exact) mass is 271 g/mol. The van der Waals surface area contributed by atoms with Crippen LogP contribution in [0.4, 0.5) is 5.69 Å². The van der Waals surface area contributed by atoms with Gasteiger partial charge in [0.05, 0.1) is 25.3 Å². The number of anilines is 1. The molecule has 0 aliphatic carbocycles. The topological polar surface area (TPSA) is 47.6 Å². The van der Waals surface area contributed by atoms with Gasteiger partial charge in [-0.2, -0.15) is 0 Å². The van der Waals surface area contributed by atoms with Gasteiger partial charge in [0.25, 0.3) is 0 Å². The molecule has 4 nitrogen and oxygen atoms in total. The molecule has 5 heteroatoms. The minimum atomic E-state index is -0.623. The van der Waals surface area contributed by atoms with E-state index >= 15 is 0 Å². The zero-order valence-electron chi connectivity index (χ0n) is 11.0. The van der Waals surface area contributed by atoms with Crippen LogP contribution in [-0.2, 0) is 9.53 Å². The normalized spacial score (nSPS) is 10.9. The van der Waals surface area contributed by atoms with Crippen molar-refractivity contribution in [2.75, 3.05) is 26.1 Å². The maximum Gasteiger partial charge on any atom is 0.313 e. The number of halogens is 1. The van der Waals surface area contributed by atoms with Crippen molar-refractivity contribution in [3.8, 4) is 5.75 Å². The number of hydrogen-bond donors (Lipinski definition) is 1. The highest BCUT2D eigenvalue weighted by Gasteiger charge is 2.28. The predicted molar refractivity (Wildman–Crippen MR) is 72.3 cm³/mol. The third-order valence-electron chi connectivity index (χ3n) is 2.62. The second kappa shape index (κ2) is 5.96. The fourth-order valence-corrected chi connectivity index (χ4v) is 1.66. The Labute approximate surface area is 112 Å². The van der Waals surface area contributed by atoms with Crippen LogP contribution in [0.1, 0.15) is 13.8 Å². The molecule has 18 heavy (non-hydrogen) atoms. The Morgan fingerprint density at radius 3 is 2.61 bits per heavy atom. The Hall–Kier alpha value is -1.42. The van der Waals surface area contributed by atoms with Gasteiger partial charge < -0.3 is 14.8 Å². The zero-order valence-corrected chi connectivity index (χ0v) is 11.8. The number of ether oxygens (including phenoxy) is 2. The molecule has 1 rings (SSSR count). The molecule has 1 aromatic rings. The molecule has 0 radical (unpaired) electrons. The first kappa shape index (κ1) is 14.6. The summed E-state index contributed by atoms with van der Waals surface area (Å²) in [5.41, 5.74) is 0.129. The van der Waals surface area contributed by atoms with E-state index in [9.17, 15) is 4.79 Å². The number of rotatable bonds is 5. The number of methoxy groups -OCH3 is 2. The quantitative estimate of drug-likeness (QED) is 0.837. The molecule has 0 aliphatic rings. The lowest BCUT2D eigenvalue weighted by atomic mass is 9.93. The highest BCUT2D eigenvalue weighted by atomic mass is 35.5. The molecule has 0 heterocycles. The Kier molecular flexibility index (Phi) is 4.84. The molecule has 0 bridgehead atoms. The Morgan fingerprint density at radius 2 is 2.06 bits per heavy atom. The van der Waals surface area contributed by atoms with Crippen molar-refractivity contribution < 1.29 is 14.3 Å². The number of carbonyl (C=O) groups excluding carboxylic acids is 1. The van der Waals surface area contributed by atoms with Gasteiger partial charge in [-0.15, -0.1) is 0 Å². The molecule has 0 amide bonds. The lowest BCUT2D eigenvalue weighted by Gasteiger charge is -2.23. The summed E-state index contributed by atoms with van der Waals surface area (Å²) in [6.07, 6.45) is 0. The van der Waals surface area contributed by atoms with Crippen LogP contribution in [0.3, 0.4) is 0 Å². The lowest BCUT2D eigenvalue weighted by molar-refractivity contribution is -0.149. The lowest BCUT2D eigenvalue weighted by Crippen LogP contribution is -2.33. The van der Waals surface area contributed by atoms with E-state index in [0.29, 0.717) is 17.3 Å². The van der Waals surface area contributed by atoms with E-state index in [1.807, 2.05) is 13.8 Å². The Balaban J connectivity index is 2.80. The third-order valence-corrected chi connectivity index (χ3v) is 2.86. The summed E-state index contributed by atoms with van der Waals surface area (Å²) in [5, 5.41) is 3.76. The Morgan fingerprint density at radius 1 is 1.39 bits per heavy atom. The molecule has 0 saturated heterocycles. The average Bonchev–Trinajstić information content (AvgIpc) is 2.35. The first-order valence-corrected chi connectivity index (χ1v) is 5.94. The number of nitrogens with one attached hydrogen (secondary N) is 1. The van der Waals surface area contributed by atoms with Crippen molar-refractivity contribution in [3.63, 3.8) is 0 Å². The predicted octanol–water partition coefficient (Wildman–Crippen LogP) is 2.96. The van der Waals surface area contributed by atoms with E-state index in [4.69, 9.17) is 21.1 Å². The van der Waals surface area contributed by atoms with Gasteiger partial charge in [-0.25, -0.2) is 0 Å². The van der Waals surface area contributed by atoms with Crippen LogP contribution in [0.15, 0.2) is 18.2 Å². The number of benzene rings is 1. The van der Waals surface area contributed by atoms with Gasteiger partial charge in [0, 0.05) is 11.6 Å². The van der Waals surface area contributed by atoms with Crippen LogP contribution in [-0.4, -0.2) is 26.7 Å². The van der Waals surface area contributed by atoms with Crippen LogP contribution in [0.5, 0.6) is 5.75 Å². The van der Waals surface area contributed by atoms with Crippen LogP contribution >= 0.6 is 11.6 Å². The molecule has 1 aromatic carbocycles. The molecule has 0 aromatic heterocycles. The third kappa shape index (κ3) is 3.53. The van der Waals surface area contributed by atoms with Crippen LogP contribution in [0.2, 0.25) is 5.02 Å². The molecular formula is C13H18ClNO3. The van der Waals surface area contributed by atoms with E-state index in [-0.39, 0.29) is 5.97 Å². The highest BCUT2D eigenvalue weighted by Crippen LogP contribution is 2.29. The maximum atomic E-state index is 11.6. The highest BCUT2D eigenvalue weighted by molar-refractivity contribution is 6.30. The van der Waals surface area contributed by atoms with E-state index in [1.165, 1.54) is 7.11 Å². The van der Waals surface area contributed by atoms with Crippen LogP contribution in [0.25, 0.3) is 0 Å². The summed E-state index contributed by atoms with van der Waals surface area (Å²) < 4.78 is 9.96. The smallest absolute Gasteiger partial charge is 0.313 e. The average molecular weight is 272 g/mol. The second-order valence-electron chi connectivity index (χ2n) is 4.57. The number of hydrogen-bond acceptors (Lipinski definition) is 4. The molecular weight excluding hydrogens is 254 g/mol. The molecule has 0 atom stereocenters. The minimum Gasteiger partial charge on any atom is -0.495 e.